The molecule has 0 saturated carbocycles. The van der Waals surface area contributed by atoms with Crippen molar-refractivity contribution in [2.45, 2.75) is 19.5 Å². The Hall–Kier alpha value is -2.09. The first-order valence-electron chi connectivity index (χ1n) is 7.61. The summed E-state index contributed by atoms with van der Waals surface area (Å²) >= 11 is 5.81. The summed E-state index contributed by atoms with van der Waals surface area (Å²) in [7, 11) is -4.01. The van der Waals surface area contributed by atoms with Crippen molar-refractivity contribution < 1.29 is 32.3 Å². The van der Waals surface area contributed by atoms with Crippen LogP contribution in [-0.2, 0) is 10.7 Å². The number of hydrogen-bond acceptors (Lipinski definition) is 4. The van der Waals surface area contributed by atoms with Crippen LogP contribution in [-0.4, -0.2) is 16.0 Å². The molecule has 0 spiro atoms. The van der Waals surface area contributed by atoms with Crippen LogP contribution in [0.4, 0.5) is 18.9 Å². The second-order valence-corrected chi connectivity index (χ2v) is 8.32. The monoisotopic (exact) mass is 423 g/mol. The third kappa shape index (κ3) is 5.00. The highest BCUT2D eigenvalue weighted by Crippen LogP contribution is 2.44. The van der Waals surface area contributed by atoms with Crippen LogP contribution >= 0.6 is 19.0 Å². The Labute approximate surface area is 157 Å². The highest BCUT2D eigenvalue weighted by Gasteiger charge is 2.32. The van der Waals surface area contributed by atoms with Crippen molar-refractivity contribution in [3.63, 3.8) is 0 Å². The van der Waals surface area contributed by atoms with Gasteiger partial charge in [0.25, 0.3) is 5.69 Å². The van der Waals surface area contributed by atoms with Gasteiger partial charge in [-0.15, -0.1) is 0 Å². The molecular weight excluding hydrogens is 410 g/mol. The lowest BCUT2D eigenvalue weighted by Crippen LogP contribution is -2.13. The summed E-state index contributed by atoms with van der Waals surface area (Å²) < 4.78 is 55.8. The zero-order valence-corrected chi connectivity index (χ0v) is 15.5. The zero-order valence-electron chi connectivity index (χ0n) is 13.9. The predicted octanol–water partition coefficient (Wildman–Crippen LogP) is 5.37. The SMILES string of the molecule is CCCP(=O)(O)c1cc(Oc2ccc(C(F)(F)F)cc2Cl)ccc1[N+](=O)[O-]. The van der Waals surface area contributed by atoms with Gasteiger partial charge in [-0.3, -0.25) is 14.7 Å². The molecule has 6 nitrogen and oxygen atoms in total. The first-order valence-corrected chi connectivity index (χ1v) is 9.83. The van der Waals surface area contributed by atoms with E-state index in [4.69, 9.17) is 16.3 Å². The molecule has 0 fully saturated rings. The standard InChI is InChI=1S/C16H14ClF3NO5P/c1-2-7-27(24,25)15-9-11(4-5-13(15)21(22)23)26-14-6-3-10(8-12(14)17)16(18,19)20/h3-6,8-9H,2,7H2,1H3,(H,24,25). The topological polar surface area (TPSA) is 89.7 Å². The molecule has 146 valence electrons. The molecule has 0 aromatic heterocycles. The van der Waals surface area contributed by atoms with Gasteiger partial charge in [-0.1, -0.05) is 18.5 Å². The average molecular weight is 424 g/mol. The van der Waals surface area contributed by atoms with E-state index in [-0.39, 0.29) is 22.7 Å². The van der Waals surface area contributed by atoms with Gasteiger partial charge in [0.1, 0.15) is 16.8 Å². The van der Waals surface area contributed by atoms with Gasteiger partial charge < -0.3 is 9.63 Å². The fourth-order valence-corrected chi connectivity index (χ4v) is 4.22. The molecule has 0 aliphatic rings. The Balaban J connectivity index is 2.43. The van der Waals surface area contributed by atoms with Crippen molar-refractivity contribution in [3.8, 4) is 11.5 Å². The molecule has 0 aliphatic carbocycles. The van der Waals surface area contributed by atoms with Crippen molar-refractivity contribution in [2.24, 2.45) is 0 Å². The summed E-state index contributed by atoms with van der Waals surface area (Å²) in [5, 5.41) is 10.4. The number of nitro benzene ring substituents is 1. The van der Waals surface area contributed by atoms with E-state index < -0.39 is 35.0 Å². The molecule has 0 amide bonds. The third-order valence-electron chi connectivity index (χ3n) is 3.53. The lowest BCUT2D eigenvalue weighted by atomic mass is 10.2. The molecule has 2 aromatic rings. The smallest absolute Gasteiger partial charge is 0.416 e. The minimum atomic E-state index is -4.58. The Morgan fingerprint density at radius 3 is 2.44 bits per heavy atom. The van der Waals surface area contributed by atoms with Crippen LogP contribution in [0.1, 0.15) is 18.9 Å². The van der Waals surface area contributed by atoms with E-state index in [1.165, 1.54) is 6.07 Å². The summed E-state index contributed by atoms with van der Waals surface area (Å²) in [6.45, 7) is 1.65. The Morgan fingerprint density at radius 2 is 1.93 bits per heavy atom. The van der Waals surface area contributed by atoms with Gasteiger partial charge in [-0.2, -0.15) is 13.2 Å². The second kappa shape index (κ2) is 7.88. The molecule has 0 radical (unpaired) electrons. The van der Waals surface area contributed by atoms with Crippen LogP contribution in [0, 0.1) is 10.1 Å². The summed E-state index contributed by atoms with van der Waals surface area (Å²) in [5.74, 6) is -0.199. The molecule has 2 aromatic carbocycles. The van der Waals surface area contributed by atoms with Crippen LogP contribution in [0.2, 0.25) is 5.02 Å². The summed E-state index contributed by atoms with van der Waals surface area (Å²) in [6.07, 6.45) is -4.43. The molecule has 0 aliphatic heterocycles. The Morgan fingerprint density at radius 1 is 1.26 bits per heavy atom. The first kappa shape index (κ1) is 21.2. The highest BCUT2D eigenvalue weighted by molar-refractivity contribution is 7.66. The van der Waals surface area contributed by atoms with Gasteiger partial charge >= 0.3 is 6.18 Å². The molecule has 1 atom stereocenters. The van der Waals surface area contributed by atoms with E-state index in [0.29, 0.717) is 12.5 Å². The summed E-state index contributed by atoms with van der Waals surface area (Å²) in [4.78, 5) is 20.5. The molecule has 27 heavy (non-hydrogen) atoms. The molecular formula is C16H14ClF3NO5P. The maximum absolute atomic E-state index is 12.7. The highest BCUT2D eigenvalue weighted by atomic mass is 35.5. The van der Waals surface area contributed by atoms with Crippen molar-refractivity contribution in [2.75, 3.05) is 6.16 Å². The van der Waals surface area contributed by atoms with E-state index >= 15 is 0 Å². The lowest BCUT2D eigenvalue weighted by Gasteiger charge is -2.14. The number of halogens is 4. The lowest BCUT2D eigenvalue weighted by molar-refractivity contribution is -0.383. The first-order chi connectivity index (χ1) is 12.5. The fraction of sp³-hybridized carbons (Fsp3) is 0.250. The number of rotatable bonds is 6. The minimum Gasteiger partial charge on any atom is -0.456 e. The van der Waals surface area contributed by atoms with Gasteiger partial charge in [0.2, 0.25) is 7.37 Å². The maximum Gasteiger partial charge on any atom is 0.416 e. The van der Waals surface area contributed by atoms with E-state index in [1.807, 2.05) is 0 Å². The number of hydrogen-bond donors (Lipinski definition) is 1. The Kier molecular flexibility index (Phi) is 6.19. The zero-order chi connectivity index (χ0) is 20.4. The van der Waals surface area contributed by atoms with Crippen LogP contribution in [0.3, 0.4) is 0 Å². The van der Waals surface area contributed by atoms with E-state index in [2.05, 4.69) is 0 Å². The van der Waals surface area contributed by atoms with Crippen LogP contribution in [0.25, 0.3) is 0 Å². The molecule has 0 heterocycles. The van der Waals surface area contributed by atoms with E-state index in [0.717, 1.165) is 24.3 Å². The van der Waals surface area contributed by atoms with Crippen LogP contribution in [0.5, 0.6) is 11.5 Å². The normalized spacial score (nSPS) is 13.9. The van der Waals surface area contributed by atoms with Crippen molar-refractivity contribution in [1.29, 1.82) is 0 Å². The predicted molar refractivity (Wildman–Crippen MR) is 94.2 cm³/mol. The molecule has 0 bridgehead atoms. The molecule has 0 saturated heterocycles. The van der Waals surface area contributed by atoms with Crippen LogP contribution < -0.4 is 10.0 Å². The number of nitrogens with zero attached hydrogens (tertiary/aromatic N) is 1. The van der Waals surface area contributed by atoms with Crippen molar-refractivity contribution in [3.05, 3.63) is 57.1 Å². The van der Waals surface area contributed by atoms with Gasteiger partial charge in [0, 0.05) is 18.3 Å². The minimum absolute atomic E-state index is 0.0670. The number of ether oxygens (including phenoxy) is 1. The van der Waals surface area contributed by atoms with Crippen molar-refractivity contribution in [1.82, 2.24) is 0 Å². The van der Waals surface area contributed by atoms with Gasteiger partial charge in [0.05, 0.1) is 15.5 Å². The number of alkyl halides is 3. The summed E-state index contributed by atoms with van der Waals surface area (Å²) in [6, 6.07) is 5.64. The maximum atomic E-state index is 12.7. The third-order valence-corrected chi connectivity index (χ3v) is 5.99. The number of benzene rings is 2. The van der Waals surface area contributed by atoms with Gasteiger partial charge in [-0.05, 0) is 30.7 Å². The molecule has 1 unspecified atom stereocenters. The summed E-state index contributed by atoms with van der Waals surface area (Å²) in [5.41, 5.74) is -1.51. The largest absolute Gasteiger partial charge is 0.456 e. The van der Waals surface area contributed by atoms with Gasteiger partial charge in [-0.25, -0.2) is 0 Å². The van der Waals surface area contributed by atoms with Gasteiger partial charge in [0.15, 0.2) is 0 Å². The van der Waals surface area contributed by atoms with Crippen molar-refractivity contribution >= 4 is 30.0 Å². The molecule has 2 rings (SSSR count). The Bertz CT molecular complexity index is 919. The van der Waals surface area contributed by atoms with E-state index in [9.17, 15) is 32.7 Å². The van der Waals surface area contributed by atoms with Crippen LogP contribution in [0.15, 0.2) is 36.4 Å². The van der Waals surface area contributed by atoms with E-state index in [1.54, 1.807) is 6.92 Å². The molecule has 11 heteroatoms. The number of nitro groups is 1. The second-order valence-electron chi connectivity index (χ2n) is 5.58. The average Bonchev–Trinajstić information content (AvgIpc) is 2.55. The molecule has 1 N–H and O–H groups in total. The quantitative estimate of drug-likeness (QED) is 0.383. The fourth-order valence-electron chi connectivity index (χ4n) is 2.31.